The molecule has 1 aromatic rings. The minimum Gasteiger partial charge on any atom is -0.450 e. The Kier molecular flexibility index (Phi) is 11.1. The topological polar surface area (TPSA) is 160 Å². The molecule has 1 aromatic carbocycles. The molecule has 14 heteroatoms. The van der Waals surface area contributed by atoms with Crippen molar-refractivity contribution in [1.29, 1.82) is 0 Å². The van der Waals surface area contributed by atoms with Gasteiger partial charge in [-0.1, -0.05) is 53.9 Å². The van der Waals surface area contributed by atoms with Gasteiger partial charge in [0.05, 0.1) is 24.6 Å². The Morgan fingerprint density at radius 3 is 2.72 bits per heavy atom. The molecule has 4 amide bonds. The van der Waals surface area contributed by atoms with E-state index in [4.69, 9.17) is 9.47 Å². The maximum atomic E-state index is 14.1. The molecule has 5 rings (SSSR count). The highest BCUT2D eigenvalue weighted by Crippen LogP contribution is 2.45. The molecule has 5 atom stereocenters. The van der Waals surface area contributed by atoms with Gasteiger partial charge in [0.2, 0.25) is 21.8 Å². The molecule has 2 saturated carbocycles. The molecule has 2 aliphatic heterocycles. The summed E-state index contributed by atoms with van der Waals surface area (Å²) in [4.78, 5) is 55.6. The number of rotatable bonds is 9. The van der Waals surface area contributed by atoms with E-state index >= 15 is 0 Å². The number of fused-ring (bicyclic) bond motifs is 4. The second-order valence-corrected chi connectivity index (χ2v) is 15.6. The van der Waals surface area contributed by atoms with Crippen LogP contribution in [0.3, 0.4) is 0 Å². The molecule has 3 N–H and O–H groups in total. The lowest BCUT2D eigenvalue weighted by Gasteiger charge is -2.29. The number of cyclic esters (lactones) is 1. The lowest BCUT2D eigenvalue weighted by Crippen LogP contribution is -2.58. The molecule has 4 bridgehead atoms. The van der Waals surface area contributed by atoms with Gasteiger partial charge in [0.1, 0.15) is 17.6 Å². The van der Waals surface area contributed by atoms with Crippen molar-refractivity contribution in [1.82, 2.24) is 20.3 Å². The fourth-order valence-corrected chi connectivity index (χ4v) is 8.06. The zero-order chi connectivity index (χ0) is 33.8. The number of nitrogens with one attached hydrogen (secondary N) is 3. The molecule has 4 aliphatic rings. The molecule has 0 aromatic heterocycles. The molecule has 0 radical (unpaired) electrons. The van der Waals surface area contributed by atoms with Gasteiger partial charge in [-0.25, -0.2) is 13.2 Å². The van der Waals surface area contributed by atoms with E-state index in [1.807, 2.05) is 37.3 Å². The molecule has 2 heterocycles. The molecule has 256 valence electrons. The summed E-state index contributed by atoms with van der Waals surface area (Å²) >= 11 is 3.56. The molecule has 1 saturated heterocycles. The Balaban J connectivity index is 1.40. The maximum Gasteiger partial charge on any atom is 0.407 e. The van der Waals surface area contributed by atoms with Gasteiger partial charge >= 0.3 is 6.09 Å². The smallest absolute Gasteiger partial charge is 0.407 e. The van der Waals surface area contributed by atoms with E-state index in [1.165, 1.54) is 11.0 Å². The molecule has 0 unspecified atom stereocenters. The fourth-order valence-electron chi connectivity index (χ4n) is 6.13. The first-order chi connectivity index (χ1) is 22.5. The zero-order valence-corrected chi connectivity index (χ0v) is 28.9. The van der Waals surface area contributed by atoms with Crippen LogP contribution in [0.2, 0.25) is 0 Å². The molecule has 2 aliphatic carbocycles. The predicted octanol–water partition coefficient (Wildman–Crippen LogP) is 3.70. The normalized spacial score (nSPS) is 28.3. The lowest BCUT2D eigenvalue weighted by atomic mass is 10.1. The number of carbonyl (C=O) groups is 4. The quantitative estimate of drug-likeness (QED) is 0.324. The Hall–Kier alpha value is -3.23. The van der Waals surface area contributed by atoms with Crippen molar-refractivity contribution in [2.24, 2.45) is 5.92 Å². The number of ether oxygens (including phenoxy) is 2. The van der Waals surface area contributed by atoms with Crippen molar-refractivity contribution in [3.05, 3.63) is 52.5 Å². The van der Waals surface area contributed by atoms with Crippen LogP contribution < -0.4 is 15.4 Å². The van der Waals surface area contributed by atoms with Gasteiger partial charge in [-0.05, 0) is 67.9 Å². The SMILES string of the molecule is C=C[C@@H]1C[C@]1(NC(=O)[C@@H]1C[C@@H]2CN1C(=O)[C@H](CCCC)NC(=O)OCCCC=Cc1cc(Br)cc(c1)CO2)C(=O)NS(=O)(=O)C1CC1. The van der Waals surface area contributed by atoms with Gasteiger partial charge in [0, 0.05) is 23.4 Å². The molecule has 47 heavy (non-hydrogen) atoms. The number of hydrogen-bond acceptors (Lipinski definition) is 8. The van der Waals surface area contributed by atoms with Crippen LogP contribution in [0, 0.1) is 5.92 Å². The first-order valence-corrected chi connectivity index (χ1v) is 18.6. The number of amides is 4. The summed E-state index contributed by atoms with van der Waals surface area (Å²) in [5.41, 5.74) is 0.372. The average molecular weight is 736 g/mol. The number of allylic oxidation sites excluding steroid dienone is 1. The van der Waals surface area contributed by atoms with Gasteiger partial charge in [0.25, 0.3) is 5.91 Å². The molecule has 3 fully saturated rings. The van der Waals surface area contributed by atoms with Crippen LogP contribution in [0.5, 0.6) is 0 Å². The molecule has 0 spiro atoms. The molecular weight excluding hydrogens is 692 g/mol. The number of unbranched alkanes of at least 4 members (excludes halogenated alkanes) is 1. The van der Waals surface area contributed by atoms with Crippen molar-refractivity contribution in [3.63, 3.8) is 0 Å². The summed E-state index contributed by atoms with van der Waals surface area (Å²) in [5.74, 6) is -2.35. The standard InChI is InChI=1S/C33H43BrN4O8S/c1-3-5-10-27-30(40)38-19-25(46-20-22-14-21(15-24(34)16-22)9-7-6-8-13-45-32(42)35-27)17-28(38)29(39)36-33(18-23(33)4-2)31(41)37-47(43,44)26-11-12-26/h4,7,9,14-16,23,25-28H,2-3,5-6,8,10-13,17-20H2,1H3,(H,35,42)(H,36,39)(H,37,41)/t23-,25-,27+,28+,33-/m1/s1. The zero-order valence-electron chi connectivity index (χ0n) is 26.5. The Morgan fingerprint density at radius 2 is 2.02 bits per heavy atom. The molecule has 12 nitrogen and oxygen atoms in total. The molecular formula is C33H43BrN4O8S. The van der Waals surface area contributed by atoms with Crippen LogP contribution in [-0.4, -0.2) is 79.3 Å². The number of hydrogen-bond donors (Lipinski definition) is 3. The maximum absolute atomic E-state index is 14.1. The van der Waals surface area contributed by atoms with E-state index in [0.717, 1.165) is 22.0 Å². The van der Waals surface area contributed by atoms with Crippen LogP contribution in [-0.2, 0) is 40.5 Å². The second kappa shape index (κ2) is 14.9. The van der Waals surface area contributed by atoms with E-state index in [1.54, 1.807) is 0 Å². The summed E-state index contributed by atoms with van der Waals surface area (Å²) in [5, 5.41) is 4.88. The summed E-state index contributed by atoms with van der Waals surface area (Å²) in [6.45, 7) is 6.21. The number of nitrogens with zero attached hydrogens (tertiary/aromatic N) is 1. The van der Waals surface area contributed by atoms with E-state index in [2.05, 4.69) is 37.9 Å². The minimum absolute atomic E-state index is 0.0805. The van der Waals surface area contributed by atoms with E-state index in [-0.39, 0.29) is 32.6 Å². The number of sulfonamides is 1. The largest absolute Gasteiger partial charge is 0.450 e. The van der Waals surface area contributed by atoms with E-state index in [9.17, 15) is 27.6 Å². The van der Waals surface area contributed by atoms with Gasteiger partial charge in [-0.3, -0.25) is 19.1 Å². The number of alkyl carbamates (subject to hydrolysis) is 1. The van der Waals surface area contributed by atoms with Gasteiger partial charge < -0.3 is 25.0 Å². The first kappa shape index (κ1) is 35.1. The lowest BCUT2D eigenvalue weighted by molar-refractivity contribution is -0.141. The van der Waals surface area contributed by atoms with Crippen molar-refractivity contribution < 1.29 is 37.1 Å². The highest BCUT2D eigenvalue weighted by Gasteiger charge is 2.62. The summed E-state index contributed by atoms with van der Waals surface area (Å²) < 4.78 is 39.8. The fraction of sp³-hybridized carbons (Fsp3) is 0.576. The Bertz CT molecular complexity index is 1530. The van der Waals surface area contributed by atoms with Crippen LogP contribution in [0.25, 0.3) is 6.08 Å². The third kappa shape index (κ3) is 8.63. The second-order valence-electron chi connectivity index (χ2n) is 12.8. The highest BCUT2D eigenvalue weighted by molar-refractivity contribution is 9.10. The number of halogens is 1. The van der Waals surface area contributed by atoms with Gasteiger partial charge in [0.15, 0.2) is 0 Å². The van der Waals surface area contributed by atoms with Gasteiger partial charge in [-0.15, -0.1) is 6.58 Å². The monoisotopic (exact) mass is 734 g/mol. The summed E-state index contributed by atoms with van der Waals surface area (Å²) in [6, 6.07) is 3.95. The van der Waals surface area contributed by atoms with Crippen molar-refractivity contribution in [2.75, 3.05) is 13.2 Å². The van der Waals surface area contributed by atoms with Gasteiger partial charge in [-0.2, -0.15) is 0 Å². The summed E-state index contributed by atoms with van der Waals surface area (Å²) in [7, 11) is -3.85. The minimum atomic E-state index is -3.85. The van der Waals surface area contributed by atoms with Crippen molar-refractivity contribution in [3.8, 4) is 0 Å². The van der Waals surface area contributed by atoms with Crippen LogP contribution in [0.4, 0.5) is 4.79 Å². The average Bonchev–Trinajstić information content (AvgIpc) is 3.95. The van der Waals surface area contributed by atoms with E-state index in [0.29, 0.717) is 38.5 Å². The Labute approximate surface area is 284 Å². The van der Waals surface area contributed by atoms with Crippen molar-refractivity contribution >= 4 is 55.8 Å². The van der Waals surface area contributed by atoms with Crippen LogP contribution in [0.1, 0.15) is 75.8 Å². The van der Waals surface area contributed by atoms with Crippen molar-refractivity contribution in [2.45, 2.75) is 100 Å². The number of benzene rings is 1. The summed E-state index contributed by atoms with van der Waals surface area (Å²) in [6.07, 6.45) is 8.61. The van der Waals surface area contributed by atoms with Crippen LogP contribution >= 0.6 is 15.9 Å². The first-order valence-electron chi connectivity index (χ1n) is 16.3. The third-order valence-corrected chi connectivity index (χ3v) is 11.3. The van der Waals surface area contributed by atoms with Crippen LogP contribution in [0.15, 0.2) is 41.4 Å². The Morgan fingerprint density at radius 1 is 1.23 bits per heavy atom. The van der Waals surface area contributed by atoms with E-state index < -0.39 is 68.7 Å². The predicted molar refractivity (Wildman–Crippen MR) is 178 cm³/mol. The highest BCUT2D eigenvalue weighted by atomic mass is 79.9. The number of carbonyl (C=O) groups excluding carboxylic acids is 4. The third-order valence-electron chi connectivity index (χ3n) is 9.06.